The number of nitrogens with one attached hydrogen (secondary N) is 2. The summed E-state index contributed by atoms with van der Waals surface area (Å²) in [7, 11) is 0. The minimum atomic E-state index is -0.867. The van der Waals surface area contributed by atoms with E-state index in [1.54, 1.807) is 71.9 Å². The van der Waals surface area contributed by atoms with Crippen LogP contribution >= 0.6 is 0 Å². The van der Waals surface area contributed by atoms with Crippen molar-refractivity contribution in [1.82, 2.24) is 10.6 Å². The van der Waals surface area contributed by atoms with Crippen LogP contribution in [0.2, 0.25) is 0 Å². The zero-order valence-electron chi connectivity index (χ0n) is 32.9. The first-order chi connectivity index (χ1) is 27.1. The van der Waals surface area contributed by atoms with Gasteiger partial charge >= 0.3 is 24.1 Å². The number of carbonyl (C=O) groups excluding carboxylic acids is 2. The maximum absolute atomic E-state index is 13.3. The maximum Gasteiger partial charge on any atom is 0.408 e. The molecule has 4 N–H and O–H groups in total. The van der Waals surface area contributed by atoms with Crippen molar-refractivity contribution >= 4 is 24.1 Å². The SMILES string of the molecule is C.C.CC(C)(C)OC(=O)NC1Cc2c(F)cccc21.CC(C)(C)OC(=O)NC1Cc2ccc(F)cc21.O=C(O)C1Cc2c(F)cccc21.O=C(O)C1Cc2ccc(F)cc21. The topological polar surface area (TPSA) is 151 Å². The third kappa shape index (κ3) is 12.1. The minimum absolute atomic E-state index is 0. The number of rotatable bonds is 4. The van der Waals surface area contributed by atoms with Gasteiger partial charge in [-0.05, 0) is 142 Å². The molecule has 8 rings (SSSR count). The zero-order chi connectivity index (χ0) is 42.7. The first-order valence-corrected chi connectivity index (χ1v) is 18.7. The highest BCUT2D eigenvalue weighted by Gasteiger charge is 2.35. The second kappa shape index (κ2) is 19.4. The van der Waals surface area contributed by atoms with Crippen molar-refractivity contribution in [3.63, 3.8) is 0 Å². The lowest BCUT2D eigenvalue weighted by atomic mass is 9.77. The molecule has 60 heavy (non-hydrogen) atoms. The molecular formula is C46H54F4N2O8. The molecule has 4 aromatic rings. The Balaban J connectivity index is 0.000000214. The Kier molecular flexibility index (Phi) is 15.7. The van der Waals surface area contributed by atoms with Crippen molar-refractivity contribution in [3.05, 3.63) is 141 Å². The molecule has 0 spiro atoms. The second-order valence-corrected chi connectivity index (χ2v) is 16.3. The normalized spacial score (nSPS) is 18.0. The zero-order valence-corrected chi connectivity index (χ0v) is 32.9. The Morgan fingerprint density at radius 1 is 0.550 bits per heavy atom. The number of hydrogen-bond acceptors (Lipinski definition) is 6. The molecular weight excluding hydrogens is 785 g/mol. The number of carboxylic acid groups (broad SMARTS) is 2. The van der Waals surface area contributed by atoms with Crippen molar-refractivity contribution in [1.29, 1.82) is 0 Å². The van der Waals surface area contributed by atoms with E-state index in [-0.39, 0.29) is 50.2 Å². The van der Waals surface area contributed by atoms with Crippen LogP contribution in [0, 0.1) is 23.3 Å². The summed E-state index contributed by atoms with van der Waals surface area (Å²) < 4.78 is 62.1. The first kappa shape index (κ1) is 48.4. The number of amides is 2. The van der Waals surface area contributed by atoms with Crippen molar-refractivity contribution in [2.45, 2.75) is 117 Å². The van der Waals surface area contributed by atoms with Crippen LogP contribution in [0.3, 0.4) is 0 Å². The van der Waals surface area contributed by atoms with Gasteiger partial charge in [-0.1, -0.05) is 51.3 Å². The van der Waals surface area contributed by atoms with Crippen LogP contribution in [-0.4, -0.2) is 45.5 Å². The molecule has 2 amide bonds. The van der Waals surface area contributed by atoms with E-state index >= 15 is 0 Å². The van der Waals surface area contributed by atoms with E-state index < -0.39 is 47.2 Å². The van der Waals surface area contributed by atoms with E-state index in [9.17, 15) is 36.7 Å². The Morgan fingerprint density at radius 2 is 0.967 bits per heavy atom. The van der Waals surface area contributed by atoms with Crippen LogP contribution in [-0.2, 0) is 44.7 Å². The quantitative estimate of drug-likeness (QED) is 0.148. The highest BCUT2D eigenvalue weighted by atomic mass is 19.1. The number of halogens is 4. The van der Waals surface area contributed by atoms with Crippen LogP contribution < -0.4 is 10.6 Å². The monoisotopic (exact) mass is 838 g/mol. The van der Waals surface area contributed by atoms with E-state index in [1.165, 1.54) is 36.4 Å². The number of benzene rings is 4. The number of carbonyl (C=O) groups is 4. The predicted octanol–water partition coefficient (Wildman–Crippen LogP) is 10.3. The third-order valence-electron chi connectivity index (χ3n) is 9.67. The molecule has 0 saturated carbocycles. The van der Waals surface area contributed by atoms with Crippen LogP contribution in [0.15, 0.2) is 72.8 Å². The Bertz CT molecular complexity index is 2170. The molecule has 4 aliphatic rings. The molecule has 0 fully saturated rings. The number of carboxylic acids is 2. The van der Waals surface area contributed by atoms with Gasteiger partial charge in [-0.2, -0.15) is 0 Å². The molecule has 4 atom stereocenters. The van der Waals surface area contributed by atoms with Crippen LogP contribution in [0.1, 0.15) is 125 Å². The molecule has 4 unspecified atom stereocenters. The number of ether oxygens (including phenoxy) is 2. The summed E-state index contributed by atoms with van der Waals surface area (Å²) in [6, 6.07) is 18.2. The lowest BCUT2D eigenvalue weighted by molar-refractivity contribution is -0.140. The third-order valence-corrected chi connectivity index (χ3v) is 9.67. The fourth-order valence-electron chi connectivity index (χ4n) is 6.75. The van der Waals surface area contributed by atoms with Gasteiger partial charge in [-0.15, -0.1) is 0 Å². The van der Waals surface area contributed by atoms with Gasteiger partial charge in [0, 0.05) is 6.42 Å². The average Bonchev–Trinajstić information content (AvgIpc) is 3.06. The van der Waals surface area contributed by atoms with E-state index in [1.807, 2.05) is 6.07 Å². The molecule has 10 nitrogen and oxygen atoms in total. The molecule has 0 radical (unpaired) electrons. The summed E-state index contributed by atoms with van der Waals surface area (Å²) in [6.07, 6.45) is 1.20. The highest BCUT2D eigenvalue weighted by Crippen LogP contribution is 2.38. The number of alkyl carbamates (subject to hydrolysis) is 2. The second-order valence-electron chi connectivity index (χ2n) is 16.3. The maximum atomic E-state index is 13.3. The smallest absolute Gasteiger partial charge is 0.408 e. The molecule has 0 heterocycles. The van der Waals surface area contributed by atoms with Gasteiger partial charge in [0.1, 0.15) is 34.5 Å². The van der Waals surface area contributed by atoms with Crippen molar-refractivity contribution in [2.75, 3.05) is 0 Å². The molecule has 4 aliphatic carbocycles. The van der Waals surface area contributed by atoms with Crippen molar-refractivity contribution in [2.24, 2.45) is 0 Å². The van der Waals surface area contributed by atoms with Gasteiger partial charge in [0.15, 0.2) is 0 Å². The summed E-state index contributed by atoms with van der Waals surface area (Å²) in [4.78, 5) is 44.1. The summed E-state index contributed by atoms with van der Waals surface area (Å²) in [5.41, 5.74) is 5.18. The Hall–Kier alpha value is -5.92. The molecule has 324 valence electrons. The predicted molar refractivity (Wildman–Crippen MR) is 219 cm³/mol. The number of hydrogen-bond donors (Lipinski definition) is 4. The van der Waals surface area contributed by atoms with Crippen molar-refractivity contribution in [3.8, 4) is 0 Å². The molecule has 14 heteroatoms. The van der Waals surface area contributed by atoms with Gasteiger partial charge < -0.3 is 30.3 Å². The molecule has 0 aromatic heterocycles. The van der Waals surface area contributed by atoms with E-state index in [0.29, 0.717) is 41.5 Å². The van der Waals surface area contributed by atoms with Gasteiger partial charge in [0.25, 0.3) is 0 Å². The summed E-state index contributed by atoms with van der Waals surface area (Å²) in [5, 5.41) is 22.8. The highest BCUT2D eigenvalue weighted by molar-refractivity contribution is 5.81. The standard InChI is InChI=1S/2C13H16FNO2.2C9H7FO2.2CH4/c1-13(2,3)17-12(16)15-11-6-8-4-5-9(14)7-10(8)11;1-13(2,3)17-12(16)15-11-7-9-8(11)5-4-6-10(9)14;10-6-2-1-5-3-8(9(11)12)7(5)4-6;10-8-3-1-2-5-6(8)4-7(5)9(11)12;;/h4-5,7,11H,6H2,1-3H3,(H,15,16);4-6,11H,7H2,1-3H3,(H,15,16);1-2,4,8H,3H2,(H,11,12);1-3,7H,4H2,(H,11,12);2*1H4. The Morgan fingerprint density at radius 3 is 1.45 bits per heavy atom. The van der Waals surface area contributed by atoms with Gasteiger partial charge in [0.05, 0.1) is 23.9 Å². The molecule has 4 aromatic carbocycles. The molecule has 0 aliphatic heterocycles. The molecule has 0 bridgehead atoms. The van der Waals surface area contributed by atoms with Gasteiger partial charge in [-0.3, -0.25) is 9.59 Å². The van der Waals surface area contributed by atoms with E-state index in [0.717, 1.165) is 28.7 Å². The lowest BCUT2D eigenvalue weighted by Crippen LogP contribution is -2.39. The van der Waals surface area contributed by atoms with Gasteiger partial charge in [-0.25, -0.2) is 27.2 Å². The van der Waals surface area contributed by atoms with Crippen LogP contribution in [0.4, 0.5) is 27.2 Å². The summed E-state index contributed by atoms with van der Waals surface area (Å²) in [5.74, 6) is -3.85. The van der Waals surface area contributed by atoms with Gasteiger partial charge in [0.2, 0.25) is 0 Å². The molecule has 0 saturated heterocycles. The number of fused-ring (bicyclic) bond motifs is 4. The van der Waals surface area contributed by atoms with Crippen LogP contribution in [0.5, 0.6) is 0 Å². The fraction of sp³-hybridized carbons (Fsp3) is 0.391. The van der Waals surface area contributed by atoms with E-state index in [4.69, 9.17) is 19.7 Å². The largest absolute Gasteiger partial charge is 0.481 e. The summed E-state index contributed by atoms with van der Waals surface area (Å²) in [6.45, 7) is 10.8. The first-order valence-electron chi connectivity index (χ1n) is 18.7. The summed E-state index contributed by atoms with van der Waals surface area (Å²) >= 11 is 0. The number of aliphatic carboxylic acids is 2. The Labute approximate surface area is 348 Å². The average molecular weight is 839 g/mol. The fourth-order valence-corrected chi connectivity index (χ4v) is 6.75. The lowest BCUT2D eigenvalue weighted by Gasteiger charge is -2.32. The van der Waals surface area contributed by atoms with Crippen molar-refractivity contribution < 1.29 is 56.4 Å². The van der Waals surface area contributed by atoms with E-state index in [2.05, 4.69) is 10.6 Å². The minimum Gasteiger partial charge on any atom is -0.481 e. The van der Waals surface area contributed by atoms with Crippen LogP contribution in [0.25, 0.3) is 0 Å².